The summed E-state index contributed by atoms with van der Waals surface area (Å²) in [7, 11) is 0. The van der Waals surface area contributed by atoms with E-state index in [0.29, 0.717) is 11.8 Å². The lowest BCUT2D eigenvalue weighted by Crippen LogP contribution is -1.94. The van der Waals surface area contributed by atoms with Crippen molar-refractivity contribution in [3.05, 3.63) is 16.4 Å². The summed E-state index contributed by atoms with van der Waals surface area (Å²) in [5, 5.41) is 6.02. The van der Waals surface area contributed by atoms with Crippen LogP contribution in [0.15, 0.2) is 9.21 Å². The molecule has 0 saturated heterocycles. The quantitative estimate of drug-likeness (QED) is 0.653. The maximum Gasteiger partial charge on any atom is 0.434 e. The maximum absolute atomic E-state index is 10.5. The van der Waals surface area contributed by atoms with Gasteiger partial charge in [0.1, 0.15) is 0 Å². The molecule has 0 spiro atoms. The summed E-state index contributed by atoms with van der Waals surface area (Å²) in [5.41, 5.74) is 0.269. The number of nitrogens with one attached hydrogen (secondary N) is 1. The monoisotopic (exact) mass is 154 g/mol. The number of hydrogen-bond donors (Lipinski definition) is 1. The van der Waals surface area contributed by atoms with Gasteiger partial charge in [0, 0.05) is 5.92 Å². The van der Waals surface area contributed by atoms with Crippen molar-refractivity contribution < 1.29 is 4.42 Å². The van der Waals surface area contributed by atoms with Crippen LogP contribution in [0.3, 0.4) is 0 Å². The number of rotatable bonds is 1. The zero-order valence-electron chi connectivity index (χ0n) is 6.55. The highest BCUT2D eigenvalue weighted by Crippen LogP contribution is 2.57. The largest absolute Gasteiger partial charge is 0.434 e. The highest BCUT2D eigenvalue weighted by Gasteiger charge is 2.49. The fraction of sp³-hybridized carbons (Fsp3) is 0.714. The number of aromatic nitrogens is 2. The van der Waals surface area contributed by atoms with Crippen LogP contribution in [-0.2, 0) is 0 Å². The third-order valence-electron chi connectivity index (χ3n) is 2.27. The summed E-state index contributed by atoms with van der Waals surface area (Å²) < 4.78 is 4.82. The Morgan fingerprint density at radius 3 is 2.73 bits per heavy atom. The summed E-state index contributed by atoms with van der Waals surface area (Å²) in [4.78, 5) is 10.5. The first-order valence-corrected chi connectivity index (χ1v) is 3.65. The van der Waals surface area contributed by atoms with Gasteiger partial charge in [0.05, 0.1) is 0 Å². The van der Waals surface area contributed by atoms with E-state index in [1.165, 1.54) is 0 Å². The predicted octanol–water partition coefficient (Wildman–Crippen LogP) is 0.876. The van der Waals surface area contributed by atoms with E-state index in [4.69, 9.17) is 4.42 Å². The summed E-state index contributed by atoms with van der Waals surface area (Å²) in [5.74, 6) is 0.434. The lowest BCUT2D eigenvalue weighted by atomic mass is 10.1. The first-order valence-electron chi connectivity index (χ1n) is 3.65. The predicted molar refractivity (Wildman–Crippen MR) is 38.3 cm³/mol. The van der Waals surface area contributed by atoms with Crippen LogP contribution in [0.25, 0.3) is 0 Å². The van der Waals surface area contributed by atoms with Crippen molar-refractivity contribution in [2.45, 2.75) is 26.2 Å². The summed E-state index contributed by atoms with van der Waals surface area (Å²) >= 11 is 0. The van der Waals surface area contributed by atoms with Crippen molar-refractivity contribution in [3.8, 4) is 0 Å². The van der Waals surface area contributed by atoms with Gasteiger partial charge in [-0.25, -0.2) is 9.89 Å². The third kappa shape index (κ3) is 0.982. The van der Waals surface area contributed by atoms with Crippen LogP contribution in [0.4, 0.5) is 0 Å². The summed E-state index contributed by atoms with van der Waals surface area (Å²) in [6.07, 6.45) is 1.06. The first kappa shape index (κ1) is 6.64. The average molecular weight is 154 g/mol. The topological polar surface area (TPSA) is 58.9 Å². The Morgan fingerprint density at radius 2 is 2.36 bits per heavy atom. The van der Waals surface area contributed by atoms with Crippen molar-refractivity contribution in [1.82, 2.24) is 10.2 Å². The molecule has 0 aliphatic heterocycles. The van der Waals surface area contributed by atoms with Gasteiger partial charge >= 0.3 is 5.76 Å². The van der Waals surface area contributed by atoms with Crippen molar-refractivity contribution in [2.24, 2.45) is 5.41 Å². The molecule has 1 N–H and O–H groups in total. The van der Waals surface area contributed by atoms with Gasteiger partial charge < -0.3 is 4.42 Å². The molecule has 0 aromatic carbocycles. The Labute approximate surface area is 63.6 Å². The molecule has 1 heterocycles. The van der Waals surface area contributed by atoms with Gasteiger partial charge in [-0.15, -0.1) is 5.10 Å². The molecule has 4 heteroatoms. The molecule has 2 rings (SSSR count). The molecule has 4 nitrogen and oxygen atoms in total. The van der Waals surface area contributed by atoms with Crippen molar-refractivity contribution in [1.29, 1.82) is 0 Å². The lowest BCUT2D eigenvalue weighted by molar-refractivity contribution is 0.442. The summed E-state index contributed by atoms with van der Waals surface area (Å²) in [6, 6.07) is 0. The van der Waals surface area contributed by atoms with Crippen LogP contribution in [-0.4, -0.2) is 10.2 Å². The Bertz CT molecular complexity index is 323. The van der Waals surface area contributed by atoms with E-state index in [9.17, 15) is 4.79 Å². The Morgan fingerprint density at radius 1 is 1.73 bits per heavy atom. The van der Waals surface area contributed by atoms with Gasteiger partial charge in [0.15, 0.2) is 0 Å². The van der Waals surface area contributed by atoms with Gasteiger partial charge in [-0.1, -0.05) is 13.8 Å². The SMILES string of the molecule is CC1(C)CC1c1n[nH]c(=O)o1. The van der Waals surface area contributed by atoms with Gasteiger partial charge in [-0.3, -0.25) is 0 Å². The molecule has 1 atom stereocenters. The maximum atomic E-state index is 10.5. The van der Waals surface area contributed by atoms with Gasteiger partial charge in [0.2, 0.25) is 5.89 Å². The second-order valence-corrected chi connectivity index (χ2v) is 3.70. The second-order valence-electron chi connectivity index (χ2n) is 3.70. The van der Waals surface area contributed by atoms with E-state index in [0.717, 1.165) is 6.42 Å². The smallest absolute Gasteiger partial charge is 0.392 e. The highest BCUT2D eigenvalue weighted by molar-refractivity contribution is 5.11. The zero-order valence-corrected chi connectivity index (χ0v) is 6.55. The first-order chi connectivity index (χ1) is 5.09. The van der Waals surface area contributed by atoms with Crippen LogP contribution < -0.4 is 5.76 Å². The number of nitrogens with zero attached hydrogens (tertiary/aromatic N) is 1. The van der Waals surface area contributed by atoms with E-state index in [1.807, 2.05) is 0 Å². The standard InChI is InChI=1S/C7H10N2O2/c1-7(2)3-4(7)5-8-9-6(10)11-5/h4H,3H2,1-2H3,(H,9,10). The van der Waals surface area contributed by atoms with E-state index in [2.05, 4.69) is 24.0 Å². The Kier molecular flexibility index (Phi) is 1.06. The minimum Gasteiger partial charge on any atom is -0.392 e. The molecule has 1 saturated carbocycles. The molecule has 0 radical (unpaired) electrons. The van der Waals surface area contributed by atoms with Gasteiger partial charge in [-0.2, -0.15) is 0 Å². The summed E-state index contributed by atoms with van der Waals surface area (Å²) in [6.45, 7) is 4.26. The van der Waals surface area contributed by atoms with Gasteiger partial charge in [0.25, 0.3) is 0 Å². The molecule has 0 bridgehead atoms. The number of aromatic amines is 1. The molecule has 1 fully saturated rings. The van der Waals surface area contributed by atoms with E-state index in [-0.39, 0.29) is 5.41 Å². The van der Waals surface area contributed by atoms with E-state index in [1.54, 1.807) is 0 Å². The zero-order chi connectivity index (χ0) is 8.06. The second kappa shape index (κ2) is 1.75. The molecular formula is C7H10N2O2. The highest BCUT2D eigenvalue weighted by atomic mass is 16.4. The fourth-order valence-electron chi connectivity index (χ4n) is 1.28. The van der Waals surface area contributed by atoms with Crippen molar-refractivity contribution >= 4 is 0 Å². The van der Waals surface area contributed by atoms with Crippen molar-refractivity contribution in [3.63, 3.8) is 0 Å². The Balaban J connectivity index is 2.27. The fourth-order valence-corrected chi connectivity index (χ4v) is 1.28. The average Bonchev–Trinajstić information content (AvgIpc) is 2.39. The molecule has 1 aliphatic rings. The lowest BCUT2D eigenvalue weighted by Gasteiger charge is -1.95. The van der Waals surface area contributed by atoms with Crippen LogP contribution in [0.2, 0.25) is 0 Å². The minimum absolute atomic E-state index is 0.269. The van der Waals surface area contributed by atoms with Crippen LogP contribution in [0, 0.1) is 5.41 Å². The molecule has 1 aliphatic carbocycles. The van der Waals surface area contributed by atoms with Crippen LogP contribution >= 0.6 is 0 Å². The third-order valence-corrected chi connectivity index (χ3v) is 2.27. The Hall–Kier alpha value is -1.06. The molecule has 0 amide bonds. The number of hydrogen-bond acceptors (Lipinski definition) is 3. The molecule has 1 aromatic heterocycles. The number of H-pyrrole nitrogens is 1. The molecule has 60 valence electrons. The van der Waals surface area contributed by atoms with E-state index < -0.39 is 5.76 Å². The van der Waals surface area contributed by atoms with Gasteiger partial charge in [-0.05, 0) is 11.8 Å². The van der Waals surface area contributed by atoms with Crippen LogP contribution in [0.1, 0.15) is 32.1 Å². The van der Waals surface area contributed by atoms with Crippen molar-refractivity contribution in [2.75, 3.05) is 0 Å². The molecule has 1 aromatic rings. The molecular weight excluding hydrogens is 144 g/mol. The molecule has 11 heavy (non-hydrogen) atoms. The van der Waals surface area contributed by atoms with E-state index >= 15 is 0 Å². The minimum atomic E-state index is -0.456. The van der Waals surface area contributed by atoms with Crippen LogP contribution in [0.5, 0.6) is 0 Å². The molecule has 1 unspecified atom stereocenters. The normalized spacial score (nSPS) is 26.9.